The Hall–Kier alpha value is -0.0800. The van der Waals surface area contributed by atoms with E-state index in [9.17, 15) is 0 Å². The Bertz CT molecular complexity index is 227. The third-order valence-corrected chi connectivity index (χ3v) is 5.08. The van der Waals surface area contributed by atoms with Gasteiger partial charge in [0, 0.05) is 12.1 Å². The fourth-order valence-corrected chi connectivity index (χ4v) is 4.08. The molecule has 3 unspecified atom stereocenters. The zero-order valence-electron chi connectivity index (χ0n) is 12.5. The molecule has 1 aliphatic heterocycles. The quantitative estimate of drug-likeness (QED) is 0.729. The van der Waals surface area contributed by atoms with Crippen molar-refractivity contribution >= 4 is 0 Å². The van der Waals surface area contributed by atoms with Crippen molar-refractivity contribution in [3.05, 3.63) is 0 Å². The van der Waals surface area contributed by atoms with E-state index in [1.54, 1.807) is 0 Å². The highest BCUT2D eigenvalue weighted by Crippen LogP contribution is 2.36. The third kappa shape index (κ3) is 3.71. The van der Waals surface area contributed by atoms with Gasteiger partial charge in [-0.1, -0.05) is 19.8 Å². The van der Waals surface area contributed by atoms with Gasteiger partial charge in [0.25, 0.3) is 0 Å². The maximum absolute atomic E-state index is 3.44. The van der Waals surface area contributed by atoms with Crippen molar-refractivity contribution in [1.29, 1.82) is 0 Å². The van der Waals surface area contributed by atoms with Gasteiger partial charge in [0.05, 0.1) is 0 Å². The Morgan fingerprint density at radius 1 is 1.17 bits per heavy atom. The summed E-state index contributed by atoms with van der Waals surface area (Å²) >= 11 is 0. The van der Waals surface area contributed by atoms with E-state index in [2.05, 4.69) is 24.1 Å². The van der Waals surface area contributed by atoms with Gasteiger partial charge in [-0.2, -0.15) is 0 Å². The second kappa shape index (κ2) is 7.49. The molecule has 0 bridgehead atoms. The van der Waals surface area contributed by atoms with Gasteiger partial charge in [-0.15, -0.1) is 0 Å². The van der Waals surface area contributed by atoms with E-state index in [-0.39, 0.29) is 0 Å². The summed E-state index contributed by atoms with van der Waals surface area (Å²) in [6, 6.07) is 1.73. The lowest BCUT2D eigenvalue weighted by Gasteiger charge is -2.47. The first kappa shape index (κ1) is 14.3. The first-order valence-electron chi connectivity index (χ1n) is 8.29. The average Bonchev–Trinajstić information content (AvgIpc) is 2.43. The molecule has 18 heavy (non-hydrogen) atoms. The predicted octanol–water partition coefficient (Wildman–Crippen LogP) is 3.42. The van der Waals surface area contributed by atoms with Crippen molar-refractivity contribution in [2.75, 3.05) is 19.6 Å². The largest absolute Gasteiger partial charge is 0.317 e. The summed E-state index contributed by atoms with van der Waals surface area (Å²) < 4.78 is 0. The molecule has 2 rings (SSSR count). The molecule has 1 saturated carbocycles. The smallest absolute Gasteiger partial charge is 0.0126 e. The van der Waals surface area contributed by atoms with Gasteiger partial charge in [-0.05, 0) is 71.0 Å². The van der Waals surface area contributed by atoms with Gasteiger partial charge in [-0.25, -0.2) is 0 Å². The second-order valence-electron chi connectivity index (χ2n) is 6.34. The SMILES string of the molecule is CCNCCCC(C)N1CCCC2CCCCC21. The van der Waals surface area contributed by atoms with E-state index in [4.69, 9.17) is 0 Å². The summed E-state index contributed by atoms with van der Waals surface area (Å²) in [6.45, 7) is 8.33. The Balaban J connectivity index is 1.78. The summed E-state index contributed by atoms with van der Waals surface area (Å²) in [7, 11) is 0. The van der Waals surface area contributed by atoms with Crippen molar-refractivity contribution in [2.45, 2.75) is 77.3 Å². The van der Waals surface area contributed by atoms with Crippen molar-refractivity contribution in [2.24, 2.45) is 5.92 Å². The Kier molecular flexibility index (Phi) is 5.97. The Labute approximate surface area is 114 Å². The molecule has 2 fully saturated rings. The number of nitrogens with one attached hydrogen (secondary N) is 1. The van der Waals surface area contributed by atoms with Gasteiger partial charge < -0.3 is 5.32 Å². The summed E-state index contributed by atoms with van der Waals surface area (Å²) in [5.41, 5.74) is 0. The molecule has 2 nitrogen and oxygen atoms in total. The van der Waals surface area contributed by atoms with Crippen LogP contribution in [0.15, 0.2) is 0 Å². The fourth-order valence-electron chi connectivity index (χ4n) is 4.08. The topological polar surface area (TPSA) is 15.3 Å². The van der Waals surface area contributed by atoms with Crippen molar-refractivity contribution in [1.82, 2.24) is 10.2 Å². The van der Waals surface area contributed by atoms with Gasteiger partial charge in [0.15, 0.2) is 0 Å². The molecule has 106 valence electrons. The standard InChI is InChI=1S/C16H32N2/c1-3-17-12-6-8-14(2)18-13-7-10-15-9-4-5-11-16(15)18/h14-17H,3-13H2,1-2H3. The van der Waals surface area contributed by atoms with E-state index < -0.39 is 0 Å². The molecule has 0 aromatic carbocycles. The van der Waals surface area contributed by atoms with Gasteiger partial charge in [0.2, 0.25) is 0 Å². The molecule has 0 spiro atoms. The highest BCUT2D eigenvalue weighted by molar-refractivity contribution is 4.89. The number of hydrogen-bond acceptors (Lipinski definition) is 2. The summed E-state index contributed by atoms with van der Waals surface area (Å²) in [4.78, 5) is 2.86. The molecule has 0 amide bonds. The van der Waals surface area contributed by atoms with E-state index in [0.717, 1.165) is 24.5 Å². The van der Waals surface area contributed by atoms with Crippen LogP contribution in [-0.2, 0) is 0 Å². The first-order valence-corrected chi connectivity index (χ1v) is 8.29. The minimum Gasteiger partial charge on any atom is -0.317 e. The predicted molar refractivity (Wildman–Crippen MR) is 78.9 cm³/mol. The highest BCUT2D eigenvalue weighted by Gasteiger charge is 2.34. The molecule has 1 heterocycles. The van der Waals surface area contributed by atoms with Gasteiger partial charge >= 0.3 is 0 Å². The number of rotatable bonds is 6. The van der Waals surface area contributed by atoms with Crippen molar-refractivity contribution in [3.8, 4) is 0 Å². The van der Waals surface area contributed by atoms with Crippen LogP contribution in [0, 0.1) is 5.92 Å². The van der Waals surface area contributed by atoms with Crippen LogP contribution in [-0.4, -0.2) is 36.6 Å². The molecule has 3 atom stereocenters. The van der Waals surface area contributed by atoms with E-state index >= 15 is 0 Å². The molecule has 0 aromatic heterocycles. The van der Waals surface area contributed by atoms with Crippen LogP contribution in [0.2, 0.25) is 0 Å². The fraction of sp³-hybridized carbons (Fsp3) is 1.00. The van der Waals surface area contributed by atoms with Crippen LogP contribution >= 0.6 is 0 Å². The Morgan fingerprint density at radius 3 is 2.78 bits per heavy atom. The van der Waals surface area contributed by atoms with Crippen LogP contribution in [0.1, 0.15) is 65.2 Å². The maximum atomic E-state index is 3.44. The Morgan fingerprint density at radius 2 is 1.94 bits per heavy atom. The van der Waals surface area contributed by atoms with E-state index in [0.29, 0.717) is 0 Å². The van der Waals surface area contributed by atoms with Crippen LogP contribution in [0.25, 0.3) is 0 Å². The zero-order valence-corrected chi connectivity index (χ0v) is 12.5. The molecule has 2 heteroatoms. The zero-order chi connectivity index (χ0) is 12.8. The van der Waals surface area contributed by atoms with Crippen LogP contribution in [0.4, 0.5) is 0 Å². The molecule has 0 aromatic rings. The lowest BCUT2D eigenvalue weighted by Crippen LogP contribution is -2.50. The summed E-state index contributed by atoms with van der Waals surface area (Å²) in [5.74, 6) is 1.03. The van der Waals surface area contributed by atoms with Crippen LogP contribution in [0.5, 0.6) is 0 Å². The maximum Gasteiger partial charge on any atom is 0.0126 e. The number of likely N-dealkylation sites (tertiary alicyclic amines) is 1. The van der Waals surface area contributed by atoms with Gasteiger partial charge in [-0.3, -0.25) is 4.90 Å². The molecule has 2 aliphatic rings. The number of nitrogens with zero attached hydrogens (tertiary/aromatic N) is 1. The lowest BCUT2D eigenvalue weighted by atomic mass is 9.77. The monoisotopic (exact) mass is 252 g/mol. The lowest BCUT2D eigenvalue weighted by molar-refractivity contribution is 0.0282. The number of hydrogen-bond donors (Lipinski definition) is 1. The molecular formula is C16H32N2. The summed E-state index contributed by atoms with van der Waals surface area (Å²) in [5, 5.41) is 3.44. The molecular weight excluding hydrogens is 220 g/mol. The second-order valence-corrected chi connectivity index (χ2v) is 6.34. The minimum absolute atomic E-state index is 0.801. The average molecular weight is 252 g/mol. The van der Waals surface area contributed by atoms with Crippen LogP contribution < -0.4 is 5.32 Å². The highest BCUT2D eigenvalue weighted by atomic mass is 15.2. The number of piperidine rings is 1. The molecule has 1 saturated heterocycles. The minimum atomic E-state index is 0.801. The van der Waals surface area contributed by atoms with E-state index in [1.165, 1.54) is 64.5 Å². The van der Waals surface area contributed by atoms with E-state index in [1.807, 2.05) is 0 Å². The third-order valence-electron chi connectivity index (χ3n) is 5.08. The summed E-state index contributed by atoms with van der Waals surface area (Å²) in [6.07, 6.45) is 11.6. The van der Waals surface area contributed by atoms with Crippen molar-refractivity contribution in [3.63, 3.8) is 0 Å². The normalized spacial score (nSPS) is 31.0. The molecule has 0 radical (unpaired) electrons. The van der Waals surface area contributed by atoms with Crippen molar-refractivity contribution < 1.29 is 0 Å². The van der Waals surface area contributed by atoms with Gasteiger partial charge in [0.1, 0.15) is 0 Å². The molecule has 1 N–H and O–H groups in total. The van der Waals surface area contributed by atoms with Crippen LogP contribution in [0.3, 0.4) is 0 Å². The molecule has 1 aliphatic carbocycles. The number of fused-ring (bicyclic) bond motifs is 1. The first-order chi connectivity index (χ1) is 8.83.